The molecule has 1 fully saturated rings. The van der Waals surface area contributed by atoms with Crippen LogP contribution in [0.1, 0.15) is 57.6 Å². The third-order valence-corrected chi connectivity index (χ3v) is 7.82. The number of halogens is 1. The first-order valence-corrected chi connectivity index (χ1v) is 12.7. The Morgan fingerprint density at radius 2 is 1.97 bits per heavy atom. The number of rotatable bonds is 4. The fourth-order valence-electron chi connectivity index (χ4n) is 5.67. The van der Waals surface area contributed by atoms with E-state index in [0.717, 1.165) is 66.3 Å². The summed E-state index contributed by atoms with van der Waals surface area (Å²) in [6.45, 7) is 3.83. The topological polar surface area (TPSA) is 71.9 Å². The number of carboxylic acid groups (broad SMARTS) is 1. The number of benzene rings is 2. The lowest BCUT2D eigenvalue weighted by Crippen LogP contribution is -2.42. The fraction of sp³-hybridized carbons (Fsp3) is 0.310. The average Bonchev–Trinajstić information content (AvgIpc) is 3.14. The molecule has 0 saturated carbocycles. The van der Waals surface area contributed by atoms with E-state index in [4.69, 9.17) is 21.1 Å². The van der Waals surface area contributed by atoms with Crippen molar-refractivity contribution in [2.75, 3.05) is 19.6 Å². The number of ether oxygens (including phenoxy) is 2. The van der Waals surface area contributed by atoms with Crippen molar-refractivity contribution in [1.82, 2.24) is 9.88 Å². The van der Waals surface area contributed by atoms with Crippen LogP contribution >= 0.6 is 11.6 Å². The van der Waals surface area contributed by atoms with Crippen molar-refractivity contribution in [1.29, 1.82) is 0 Å². The number of aromatic nitrogens is 1. The van der Waals surface area contributed by atoms with E-state index in [2.05, 4.69) is 22.0 Å². The molecule has 0 radical (unpaired) electrons. The van der Waals surface area contributed by atoms with Crippen LogP contribution in [0.5, 0.6) is 5.75 Å². The Bertz CT molecular complexity index is 1360. The lowest BCUT2D eigenvalue weighted by atomic mass is 9.84. The van der Waals surface area contributed by atoms with Gasteiger partial charge in [0.15, 0.2) is 0 Å². The fourth-order valence-corrected chi connectivity index (χ4v) is 5.87. The summed E-state index contributed by atoms with van der Waals surface area (Å²) in [5, 5.41) is 10.3. The molecule has 1 N–H and O–H groups in total. The van der Waals surface area contributed by atoms with Gasteiger partial charge in [0.2, 0.25) is 0 Å². The number of hydrogen-bond acceptors (Lipinski definition) is 5. The zero-order valence-corrected chi connectivity index (χ0v) is 20.6. The largest absolute Gasteiger partial charge is 0.487 e. The lowest BCUT2D eigenvalue weighted by Gasteiger charge is -2.39. The third kappa shape index (κ3) is 4.19. The van der Waals surface area contributed by atoms with Crippen molar-refractivity contribution in [2.24, 2.45) is 0 Å². The minimum Gasteiger partial charge on any atom is -0.487 e. The highest BCUT2D eigenvalue weighted by Crippen LogP contribution is 2.45. The summed E-state index contributed by atoms with van der Waals surface area (Å²) in [5.41, 5.74) is 6.19. The number of nitrogens with zero attached hydrogens (tertiary/aromatic N) is 2. The van der Waals surface area contributed by atoms with Gasteiger partial charge >= 0.3 is 5.97 Å². The Hall–Kier alpha value is -3.19. The molecule has 3 aliphatic heterocycles. The number of carboxylic acids is 1. The van der Waals surface area contributed by atoms with Crippen molar-refractivity contribution in [3.63, 3.8) is 0 Å². The van der Waals surface area contributed by atoms with E-state index in [-0.39, 0.29) is 11.2 Å². The lowest BCUT2D eigenvalue weighted by molar-refractivity contribution is -0.0785. The molecule has 1 aromatic heterocycles. The molecule has 3 aromatic rings. The van der Waals surface area contributed by atoms with Crippen LogP contribution in [0.3, 0.4) is 0 Å². The summed E-state index contributed by atoms with van der Waals surface area (Å²) in [5.74, 6) is -0.269. The smallest absolute Gasteiger partial charge is 0.335 e. The molecule has 0 bridgehead atoms. The maximum Gasteiger partial charge on any atom is 0.335 e. The molecule has 0 amide bonds. The van der Waals surface area contributed by atoms with E-state index in [9.17, 15) is 9.90 Å². The zero-order chi connectivity index (χ0) is 24.7. The van der Waals surface area contributed by atoms with Crippen LogP contribution in [0.2, 0.25) is 5.02 Å². The highest BCUT2D eigenvalue weighted by molar-refractivity contribution is 6.30. The molecule has 0 unspecified atom stereocenters. The molecule has 2 aromatic carbocycles. The Labute approximate surface area is 215 Å². The quantitative estimate of drug-likeness (QED) is 0.495. The van der Waals surface area contributed by atoms with Crippen LogP contribution in [0, 0.1) is 0 Å². The maximum absolute atomic E-state index is 11.6. The normalized spacial score (nSPS) is 19.3. The number of hydrogen-bond donors (Lipinski definition) is 1. The standard InChI is InChI=1S/C29H27ClN2O4/c30-21-6-7-25-20(15-21)17-36-29(25)9-13-32(14-10-29)12-2-4-22-23-3-1-11-31-26(23)18-35-27-8-5-19(28(33)34)16-24(22)27/h1,3-8,11,15-16H,2,9-10,12-14,17-18H2,(H,33,34)/b22-4+. The van der Waals surface area contributed by atoms with E-state index < -0.39 is 5.97 Å². The van der Waals surface area contributed by atoms with Crippen LogP contribution in [-0.2, 0) is 23.6 Å². The molecule has 6 rings (SSSR count). The SMILES string of the molecule is O=C(O)c1ccc2c(c1)/C(=C/CCN1CCC3(CC1)OCc1cc(Cl)ccc13)c1cccnc1CO2. The predicted molar refractivity (Wildman–Crippen MR) is 137 cm³/mol. The molecule has 4 heterocycles. The molecule has 184 valence electrons. The van der Waals surface area contributed by atoms with E-state index in [0.29, 0.717) is 19.0 Å². The number of piperidine rings is 1. The van der Waals surface area contributed by atoms with Gasteiger partial charge in [-0.25, -0.2) is 4.79 Å². The Morgan fingerprint density at radius 1 is 1.11 bits per heavy atom. The number of aromatic carboxylic acids is 1. The highest BCUT2D eigenvalue weighted by atomic mass is 35.5. The molecule has 0 aliphatic carbocycles. The second-order valence-electron chi connectivity index (χ2n) is 9.63. The van der Waals surface area contributed by atoms with Gasteiger partial charge < -0.3 is 19.5 Å². The van der Waals surface area contributed by atoms with Gasteiger partial charge in [0.25, 0.3) is 0 Å². The second-order valence-corrected chi connectivity index (χ2v) is 10.1. The van der Waals surface area contributed by atoms with Crippen LogP contribution < -0.4 is 4.74 Å². The Kier molecular flexibility index (Phi) is 6.04. The van der Waals surface area contributed by atoms with Crippen molar-refractivity contribution in [2.45, 2.75) is 38.1 Å². The van der Waals surface area contributed by atoms with Gasteiger partial charge in [-0.1, -0.05) is 29.8 Å². The Morgan fingerprint density at radius 3 is 2.81 bits per heavy atom. The maximum atomic E-state index is 11.6. The van der Waals surface area contributed by atoms with Gasteiger partial charge in [-0.3, -0.25) is 4.98 Å². The second kappa shape index (κ2) is 9.36. The van der Waals surface area contributed by atoms with E-state index in [1.54, 1.807) is 24.4 Å². The van der Waals surface area contributed by atoms with Crippen LogP contribution in [0.4, 0.5) is 0 Å². The highest BCUT2D eigenvalue weighted by Gasteiger charge is 2.42. The zero-order valence-electron chi connectivity index (χ0n) is 19.9. The molecule has 6 nitrogen and oxygen atoms in total. The van der Waals surface area contributed by atoms with Gasteiger partial charge in [0.05, 0.1) is 23.5 Å². The Balaban J connectivity index is 1.20. The molecule has 36 heavy (non-hydrogen) atoms. The monoisotopic (exact) mass is 502 g/mol. The first kappa shape index (κ1) is 23.2. The molecular formula is C29H27ClN2O4. The van der Waals surface area contributed by atoms with Crippen LogP contribution in [-0.4, -0.2) is 40.6 Å². The minimum atomic E-state index is -0.951. The number of pyridine rings is 1. The molecule has 1 spiro atoms. The summed E-state index contributed by atoms with van der Waals surface area (Å²) in [7, 11) is 0. The molecule has 1 saturated heterocycles. The van der Waals surface area contributed by atoms with Crippen molar-refractivity contribution in [3.05, 3.63) is 99.3 Å². The average molecular weight is 503 g/mol. The molecular weight excluding hydrogens is 476 g/mol. The summed E-state index contributed by atoms with van der Waals surface area (Å²) in [4.78, 5) is 18.6. The van der Waals surface area contributed by atoms with E-state index in [1.165, 1.54) is 11.1 Å². The minimum absolute atomic E-state index is 0.190. The van der Waals surface area contributed by atoms with E-state index in [1.807, 2.05) is 24.3 Å². The summed E-state index contributed by atoms with van der Waals surface area (Å²) < 4.78 is 12.3. The summed E-state index contributed by atoms with van der Waals surface area (Å²) in [6.07, 6.45) is 6.72. The number of likely N-dealkylation sites (tertiary alicyclic amines) is 1. The summed E-state index contributed by atoms with van der Waals surface area (Å²) >= 11 is 6.18. The molecule has 3 aliphatic rings. The predicted octanol–water partition coefficient (Wildman–Crippen LogP) is 5.67. The first-order chi connectivity index (χ1) is 17.5. The third-order valence-electron chi connectivity index (χ3n) is 7.58. The summed E-state index contributed by atoms with van der Waals surface area (Å²) in [6, 6.07) is 15.1. The number of carbonyl (C=O) groups is 1. The van der Waals surface area contributed by atoms with Gasteiger partial charge in [0, 0.05) is 42.0 Å². The number of fused-ring (bicyclic) bond motifs is 4. The van der Waals surface area contributed by atoms with Gasteiger partial charge in [-0.2, -0.15) is 0 Å². The molecule has 7 heteroatoms. The molecule has 0 atom stereocenters. The first-order valence-electron chi connectivity index (χ1n) is 12.3. The van der Waals surface area contributed by atoms with Gasteiger partial charge in [-0.15, -0.1) is 0 Å². The van der Waals surface area contributed by atoms with Crippen LogP contribution in [0.15, 0.2) is 60.8 Å². The van der Waals surface area contributed by atoms with Crippen molar-refractivity contribution < 1.29 is 19.4 Å². The van der Waals surface area contributed by atoms with Crippen molar-refractivity contribution in [3.8, 4) is 5.75 Å². The van der Waals surface area contributed by atoms with Gasteiger partial charge in [-0.05, 0) is 72.4 Å². The van der Waals surface area contributed by atoms with Crippen LogP contribution in [0.25, 0.3) is 5.57 Å². The van der Waals surface area contributed by atoms with E-state index >= 15 is 0 Å². The van der Waals surface area contributed by atoms with Crippen molar-refractivity contribution >= 4 is 23.1 Å². The van der Waals surface area contributed by atoms with Gasteiger partial charge in [0.1, 0.15) is 12.4 Å².